The fourth-order valence-corrected chi connectivity index (χ4v) is 3.72. The lowest BCUT2D eigenvalue weighted by Crippen LogP contribution is -2.43. The van der Waals surface area contributed by atoms with Crippen LogP contribution in [-0.4, -0.2) is 22.5 Å². The van der Waals surface area contributed by atoms with Crippen LogP contribution in [-0.2, 0) is 4.79 Å². The van der Waals surface area contributed by atoms with E-state index >= 15 is 0 Å². The highest BCUT2D eigenvalue weighted by atomic mass is 35.5. The van der Waals surface area contributed by atoms with E-state index in [0.717, 1.165) is 10.1 Å². The summed E-state index contributed by atoms with van der Waals surface area (Å²) >= 11 is 13.5. The lowest BCUT2D eigenvalue weighted by atomic mass is 9.98. The maximum absolute atomic E-state index is 12.4. The van der Waals surface area contributed by atoms with Crippen molar-refractivity contribution in [2.24, 2.45) is 0 Å². The molecule has 0 spiro atoms. The van der Waals surface area contributed by atoms with Gasteiger partial charge in [0.15, 0.2) is 0 Å². The summed E-state index contributed by atoms with van der Waals surface area (Å²) in [5.74, 6) is -1.20. The average Bonchev–Trinajstić information content (AvgIpc) is 2.73. The molecule has 22 heavy (non-hydrogen) atoms. The van der Waals surface area contributed by atoms with E-state index in [1.807, 2.05) is 0 Å². The standard InChI is InChI=1S/C15H15Cl2NO3S/c1-15(2,6-5-11(19)20)18-14(21)13-12(17)9-4-3-8(16)7-10(9)22-13/h3-4,7H,5-6H2,1-2H3,(H,18,21)(H,19,20). The molecular weight excluding hydrogens is 345 g/mol. The zero-order valence-corrected chi connectivity index (χ0v) is 14.4. The van der Waals surface area contributed by atoms with Crippen molar-refractivity contribution in [1.82, 2.24) is 5.32 Å². The van der Waals surface area contributed by atoms with Crippen LogP contribution in [0.4, 0.5) is 0 Å². The highest BCUT2D eigenvalue weighted by Gasteiger charge is 2.25. The molecule has 0 saturated carbocycles. The third-order valence-corrected chi connectivity index (χ3v) is 5.10. The zero-order chi connectivity index (χ0) is 16.5. The van der Waals surface area contributed by atoms with E-state index in [4.69, 9.17) is 28.3 Å². The molecule has 0 atom stereocenters. The van der Waals surface area contributed by atoms with Crippen molar-refractivity contribution in [2.75, 3.05) is 0 Å². The highest BCUT2D eigenvalue weighted by Crippen LogP contribution is 2.36. The Morgan fingerprint density at radius 3 is 2.64 bits per heavy atom. The van der Waals surface area contributed by atoms with Gasteiger partial charge in [-0.2, -0.15) is 0 Å². The quantitative estimate of drug-likeness (QED) is 0.820. The Balaban J connectivity index is 2.22. The summed E-state index contributed by atoms with van der Waals surface area (Å²) in [6.45, 7) is 3.57. The van der Waals surface area contributed by atoms with Crippen LogP contribution >= 0.6 is 34.5 Å². The summed E-state index contributed by atoms with van der Waals surface area (Å²) in [6.07, 6.45) is 0.325. The number of hydrogen-bond acceptors (Lipinski definition) is 3. The van der Waals surface area contributed by atoms with Gasteiger partial charge in [-0.25, -0.2) is 0 Å². The van der Waals surface area contributed by atoms with Crippen molar-refractivity contribution in [1.29, 1.82) is 0 Å². The molecule has 7 heteroatoms. The molecule has 2 rings (SSSR count). The summed E-state index contributed by atoms with van der Waals surface area (Å²) in [4.78, 5) is 23.5. The van der Waals surface area contributed by atoms with Crippen LogP contribution in [0.3, 0.4) is 0 Å². The number of amides is 1. The number of carboxylic acid groups (broad SMARTS) is 1. The fraction of sp³-hybridized carbons (Fsp3) is 0.333. The lowest BCUT2D eigenvalue weighted by molar-refractivity contribution is -0.137. The van der Waals surface area contributed by atoms with Gasteiger partial charge in [0.05, 0.1) is 5.02 Å². The summed E-state index contributed by atoms with van der Waals surface area (Å²) in [6, 6.07) is 5.27. The number of carbonyl (C=O) groups excluding carboxylic acids is 1. The van der Waals surface area contributed by atoms with E-state index in [9.17, 15) is 9.59 Å². The van der Waals surface area contributed by atoms with E-state index in [-0.39, 0.29) is 12.3 Å². The SMILES string of the molecule is CC(C)(CCC(=O)O)NC(=O)c1sc2cc(Cl)ccc2c1Cl. The predicted molar refractivity (Wildman–Crippen MR) is 90.3 cm³/mol. The third kappa shape index (κ3) is 3.91. The molecule has 0 saturated heterocycles. The number of halogens is 2. The molecule has 0 aliphatic rings. The molecule has 1 aromatic heterocycles. The van der Waals surface area contributed by atoms with Gasteiger partial charge in [-0.3, -0.25) is 9.59 Å². The zero-order valence-electron chi connectivity index (χ0n) is 12.1. The third-order valence-electron chi connectivity index (χ3n) is 3.21. The minimum Gasteiger partial charge on any atom is -0.481 e. The van der Waals surface area contributed by atoms with Crippen LogP contribution in [0.2, 0.25) is 10.0 Å². The van der Waals surface area contributed by atoms with E-state index in [0.29, 0.717) is 21.3 Å². The van der Waals surface area contributed by atoms with Crippen LogP contribution in [0.15, 0.2) is 18.2 Å². The Labute approximate surface area is 142 Å². The van der Waals surface area contributed by atoms with Gasteiger partial charge in [0.25, 0.3) is 5.91 Å². The minimum atomic E-state index is -0.892. The number of aliphatic carboxylic acids is 1. The van der Waals surface area contributed by atoms with Crippen LogP contribution in [0, 0.1) is 0 Å². The van der Waals surface area contributed by atoms with Gasteiger partial charge in [-0.05, 0) is 32.4 Å². The Kier molecular flexibility index (Phi) is 5.00. The van der Waals surface area contributed by atoms with Crippen molar-refractivity contribution >= 4 is 56.5 Å². The number of carbonyl (C=O) groups is 2. The molecule has 0 aliphatic heterocycles. The molecule has 1 aromatic carbocycles. The number of carboxylic acids is 1. The van der Waals surface area contributed by atoms with Gasteiger partial charge in [-0.15, -0.1) is 11.3 Å². The molecule has 4 nitrogen and oxygen atoms in total. The van der Waals surface area contributed by atoms with E-state index in [2.05, 4.69) is 5.32 Å². The molecular formula is C15H15Cl2NO3S. The maximum atomic E-state index is 12.4. The molecule has 2 aromatic rings. The fourth-order valence-electron chi connectivity index (χ4n) is 2.03. The second kappa shape index (κ2) is 6.44. The molecule has 2 N–H and O–H groups in total. The summed E-state index contributed by atoms with van der Waals surface area (Å²) in [7, 11) is 0. The maximum Gasteiger partial charge on any atom is 0.303 e. The largest absolute Gasteiger partial charge is 0.481 e. The normalized spacial score (nSPS) is 11.6. The van der Waals surface area contributed by atoms with E-state index in [1.54, 1.807) is 32.0 Å². The minimum absolute atomic E-state index is 0.0109. The Bertz CT molecular complexity index is 740. The highest BCUT2D eigenvalue weighted by molar-refractivity contribution is 7.21. The summed E-state index contributed by atoms with van der Waals surface area (Å²) in [5, 5.41) is 13.3. The monoisotopic (exact) mass is 359 g/mol. The van der Waals surface area contributed by atoms with Gasteiger partial charge in [0, 0.05) is 27.1 Å². The van der Waals surface area contributed by atoms with Gasteiger partial charge in [0.1, 0.15) is 4.88 Å². The number of thiophene rings is 1. The van der Waals surface area contributed by atoms with Gasteiger partial charge >= 0.3 is 5.97 Å². The van der Waals surface area contributed by atoms with E-state index < -0.39 is 11.5 Å². The van der Waals surface area contributed by atoms with Crippen LogP contribution in [0.5, 0.6) is 0 Å². The first-order valence-electron chi connectivity index (χ1n) is 6.61. The van der Waals surface area contributed by atoms with Gasteiger partial charge in [0.2, 0.25) is 0 Å². The number of benzene rings is 1. The summed E-state index contributed by atoms with van der Waals surface area (Å²) < 4.78 is 0.839. The molecule has 1 heterocycles. The number of fused-ring (bicyclic) bond motifs is 1. The topological polar surface area (TPSA) is 66.4 Å². The van der Waals surface area contributed by atoms with Crippen molar-refractivity contribution in [3.8, 4) is 0 Å². The molecule has 0 unspecified atom stereocenters. The Morgan fingerprint density at radius 1 is 1.32 bits per heavy atom. The van der Waals surface area contributed by atoms with Crippen LogP contribution < -0.4 is 5.32 Å². The molecule has 0 radical (unpaired) electrons. The van der Waals surface area contributed by atoms with Crippen LogP contribution in [0.25, 0.3) is 10.1 Å². The molecule has 118 valence electrons. The molecule has 1 amide bonds. The first-order chi connectivity index (χ1) is 10.2. The Hall–Kier alpha value is -1.30. The van der Waals surface area contributed by atoms with Gasteiger partial charge < -0.3 is 10.4 Å². The number of nitrogens with one attached hydrogen (secondary N) is 1. The molecule has 0 aliphatic carbocycles. The average molecular weight is 360 g/mol. The van der Waals surface area contributed by atoms with Crippen molar-refractivity contribution < 1.29 is 14.7 Å². The second-order valence-electron chi connectivity index (χ2n) is 5.62. The van der Waals surface area contributed by atoms with Crippen molar-refractivity contribution in [3.05, 3.63) is 33.1 Å². The Morgan fingerprint density at radius 2 is 2.00 bits per heavy atom. The van der Waals surface area contributed by atoms with Crippen molar-refractivity contribution in [2.45, 2.75) is 32.2 Å². The first-order valence-corrected chi connectivity index (χ1v) is 8.19. The number of hydrogen-bond donors (Lipinski definition) is 2. The molecule has 0 bridgehead atoms. The predicted octanol–water partition coefficient (Wildman–Crippen LogP) is 4.58. The van der Waals surface area contributed by atoms with Crippen molar-refractivity contribution in [3.63, 3.8) is 0 Å². The smallest absolute Gasteiger partial charge is 0.303 e. The molecule has 0 fully saturated rings. The summed E-state index contributed by atoms with van der Waals surface area (Å²) in [5.41, 5.74) is -0.632. The first kappa shape index (κ1) is 17.1. The van der Waals surface area contributed by atoms with Crippen LogP contribution in [0.1, 0.15) is 36.4 Å². The van der Waals surface area contributed by atoms with E-state index in [1.165, 1.54) is 11.3 Å². The second-order valence-corrected chi connectivity index (χ2v) is 7.48. The van der Waals surface area contributed by atoms with Gasteiger partial charge in [-0.1, -0.05) is 29.3 Å². The number of rotatable bonds is 5. The lowest BCUT2D eigenvalue weighted by Gasteiger charge is -2.25.